The van der Waals surface area contributed by atoms with Gasteiger partial charge in [0.05, 0.1) is 12.6 Å². The largest absolute Gasteiger partial charge is 0.481 e. The highest BCUT2D eigenvalue weighted by molar-refractivity contribution is 5.70. The molecule has 0 rings (SSSR count). The fraction of sp³-hybridized carbons (Fsp3) is 0.714. The monoisotopic (exact) mass is 163 g/mol. The van der Waals surface area contributed by atoms with E-state index < -0.39 is 24.5 Å². The van der Waals surface area contributed by atoms with Crippen LogP contribution < -0.4 is 0 Å². The van der Waals surface area contributed by atoms with Crippen molar-refractivity contribution < 1.29 is 19.4 Å². The van der Waals surface area contributed by atoms with E-state index in [9.17, 15) is 9.18 Å². The predicted octanol–water partition coefficient (Wildman–Crippen LogP) is 0.489. The minimum atomic E-state index is -1.04. The van der Waals surface area contributed by atoms with Crippen molar-refractivity contribution in [2.75, 3.05) is 13.3 Å². The second kappa shape index (κ2) is 5.07. The SMILES string of the molecule is CC(C(=O)O)C([CH]CO)CF. The summed E-state index contributed by atoms with van der Waals surface area (Å²) in [5.74, 6) is -2.50. The molecule has 2 atom stereocenters. The van der Waals surface area contributed by atoms with Gasteiger partial charge in [-0.1, -0.05) is 6.92 Å². The van der Waals surface area contributed by atoms with Gasteiger partial charge in [0.25, 0.3) is 0 Å². The summed E-state index contributed by atoms with van der Waals surface area (Å²) in [6.07, 6.45) is 1.26. The van der Waals surface area contributed by atoms with Gasteiger partial charge in [-0.15, -0.1) is 0 Å². The third kappa shape index (κ3) is 3.32. The van der Waals surface area contributed by atoms with Crippen LogP contribution in [0.25, 0.3) is 0 Å². The molecule has 0 aliphatic carbocycles. The summed E-state index contributed by atoms with van der Waals surface area (Å²) in [5.41, 5.74) is 0. The molecule has 0 spiro atoms. The molecule has 1 radical (unpaired) electrons. The van der Waals surface area contributed by atoms with Gasteiger partial charge in [0.1, 0.15) is 0 Å². The van der Waals surface area contributed by atoms with E-state index in [2.05, 4.69) is 0 Å². The molecule has 0 aromatic rings. The zero-order valence-corrected chi connectivity index (χ0v) is 6.33. The number of aliphatic carboxylic acids is 1. The van der Waals surface area contributed by atoms with Crippen molar-refractivity contribution >= 4 is 5.97 Å². The Morgan fingerprint density at radius 1 is 1.73 bits per heavy atom. The van der Waals surface area contributed by atoms with Crippen LogP contribution in [0.15, 0.2) is 0 Å². The molecule has 2 unspecified atom stereocenters. The van der Waals surface area contributed by atoms with E-state index in [0.717, 1.165) is 0 Å². The molecule has 0 aliphatic rings. The van der Waals surface area contributed by atoms with E-state index in [1.807, 2.05) is 0 Å². The van der Waals surface area contributed by atoms with Crippen LogP contribution in [-0.2, 0) is 4.79 Å². The number of carboxylic acids is 1. The summed E-state index contributed by atoms with van der Waals surface area (Å²) >= 11 is 0. The molecule has 0 saturated carbocycles. The molecular formula is C7H12FO3. The number of hydrogen-bond donors (Lipinski definition) is 2. The highest BCUT2D eigenvalue weighted by Gasteiger charge is 2.22. The molecule has 0 fully saturated rings. The second-order valence-corrected chi connectivity index (χ2v) is 2.36. The minimum Gasteiger partial charge on any atom is -0.481 e. The van der Waals surface area contributed by atoms with Gasteiger partial charge in [0.2, 0.25) is 0 Å². The molecule has 0 heterocycles. The van der Waals surface area contributed by atoms with E-state index in [0.29, 0.717) is 0 Å². The molecule has 0 saturated heterocycles. The van der Waals surface area contributed by atoms with Crippen LogP contribution in [0, 0.1) is 18.3 Å². The van der Waals surface area contributed by atoms with E-state index in [-0.39, 0.29) is 6.61 Å². The summed E-state index contributed by atoms with van der Waals surface area (Å²) in [4.78, 5) is 10.3. The lowest BCUT2D eigenvalue weighted by molar-refractivity contribution is -0.142. The number of aliphatic hydroxyl groups is 1. The Balaban J connectivity index is 3.91. The highest BCUT2D eigenvalue weighted by Crippen LogP contribution is 2.15. The summed E-state index contributed by atoms with van der Waals surface area (Å²) in [6.45, 7) is 0.388. The van der Waals surface area contributed by atoms with Crippen molar-refractivity contribution in [3.05, 3.63) is 6.42 Å². The molecule has 4 heteroatoms. The fourth-order valence-corrected chi connectivity index (χ4v) is 0.719. The first kappa shape index (κ1) is 10.4. The van der Waals surface area contributed by atoms with Crippen LogP contribution in [0.4, 0.5) is 4.39 Å². The van der Waals surface area contributed by atoms with E-state index in [1.165, 1.54) is 13.3 Å². The van der Waals surface area contributed by atoms with E-state index >= 15 is 0 Å². The van der Waals surface area contributed by atoms with Crippen molar-refractivity contribution in [3.63, 3.8) is 0 Å². The first-order valence-corrected chi connectivity index (χ1v) is 3.36. The molecule has 11 heavy (non-hydrogen) atoms. The molecule has 0 aliphatic heterocycles. The number of alkyl halides is 1. The van der Waals surface area contributed by atoms with Crippen LogP contribution >= 0.6 is 0 Å². The fourth-order valence-electron chi connectivity index (χ4n) is 0.719. The standard InChI is InChI=1S/C7H12FO3/c1-5(7(10)11)6(4-8)2-3-9/h2,5-6,9H,3-4H2,1H3,(H,10,11). The third-order valence-electron chi connectivity index (χ3n) is 1.62. The van der Waals surface area contributed by atoms with Gasteiger partial charge in [-0.05, 0) is 6.42 Å². The Hall–Kier alpha value is -0.640. The van der Waals surface area contributed by atoms with Crippen LogP contribution in [0.2, 0.25) is 0 Å². The number of hydrogen-bond acceptors (Lipinski definition) is 2. The summed E-state index contributed by atoms with van der Waals surface area (Å²) in [5, 5.41) is 16.8. The van der Waals surface area contributed by atoms with Gasteiger partial charge in [0.15, 0.2) is 0 Å². The first-order valence-electron chi connectivity index (χ1n) is 3.36. The van der Waals surface area contributed by atoms with Gasteiger partial charge >= 0.3 is 5.97 Å². The molecule has 0 aromatic carbocycles. The van der Waals surface area contributed by atoms with Crippen molar-refractivity contribution in [1.29, 1.82) is 0 Å². The maximum absolute atomic E-state index is 12.0. The smallest absolute Gasteiger partial charge is 0.306 e. The lowest BCUT2D eigenvalue weighted by Crippen LogP contribution is -2.23. The Morgan fingerprint density at radius 3 is 2.55 bits per heavy atom. The minimum absolute atomic E-state index is 0.286. The maximum atomic E-state index is 12.0. The van der Waals surface area contributed by atoms with Crippen LogP contribution in [-0.4, -0.2) is 29.5 Å². The summed E-state index contributed by atoms with van der Waals surface area (Å²) in [7, 11) is 0. The Labute approximate surface area is 64.8 Å². The maximum Gasteiger partial charge on any atom is 0.306 e. The van der Waals surface area contributed by atoms with Crippen LogP contribution in [0.5, 0.6) is 0 Å². The molecule has 3 nitrogen and oxygen atoms in total. The lowest BCUT2D eigenvalue weighted by atomic mass is 9.93. The van der Waals surface area contributed by atoms with E-state index in [4.69, 9.17) is 10.2 Å². The summed E-state index contributed by atoms with van der Waals surface area (Å²) in [6, 6.07) is 0. The van der Waals surface area contributed by atoms with Crippen molar-refractivity contribution in [2.45, 2.75) is 6.92 Å². The van der Waals surface area contributed by atoms with Crippen molar-refractivity contribution in [3.8, 4) is 0 Å². The quantitative estimate of drug-likeness (QED) is 0.620. The number of carboxylic acid groups (broad SMARTS) is 1. The number of rotatable bonds is 5. The average Bonchev–Trinajstić information content (AvgIpc) is 1.98. The van der Waals surface area contributed by atoms with Crippen LogP contribution in [0.3, 0.4) is 0 Å². The van der Waals surface area contributed by atoms with Crippen molar-refractivity contribution in [1.82, 2.24) is 0 Å². The number of carbonyl (C=O) groups is 1. The molecule has 65 valence electrons. The Kier molecular flexibility index (Phi) is 4.77. The molecule has 0 aromatic heterocycles. The zero-order chi connectivity index (χ0) is 8.85. The van der Waals surface area contributed by atoms with Crippen LogP contribution in [0.1, 0.15) is 6.92 Å². The highest BCUT2D eigenvalue weighted by atomic mass is 19.1. The van der Waals surface area contributed by atoms with Gasteiger partial charge in [-0.25, -0.2) is 0 Å². The molecule has 0 bridgehead atoms. The van der Waals surface area contributed by atoms with Gasteiger partial charge in [0, 0.05) is 12.5 Å². The molecular weight excluding hydrogens is 151 g/mol. The lowest BCUT2D eigenvalue weighted by Gasteiger charge is -2.14. The molecule has 0 amide bonds. The second-order valence-electron chi connectivity index (χ2n) is 2.36. The number of aliphatic hydroxyl groups excluding tert-OH is 1. The average molecular weight is 163 g/mol. The predicted molar refractivity (Wildman–Crippen MR) is 37.7 cm³/mol. The van der Waals surface area contributed by atoms with Gasteiger partial charge in [-0.2, -0.15) is 0 Å². The third-order valence-corrected chi connectivity index (χ3v) is 1.62. The van der Waals surface area contributed by atoms with E-state index in [1.54, 1.807) is 0 Å². The number of halogens is 1. The Bertz CT molecular complexity index is 127. The molecule has 2 N–H and O–H groups in total. The first-order chi connectivity index (χ1) is 5.13. The van der Waals surface area contributed by atoms with Gasteiger partial charge < -0.3 is 10.2 Å². The topological polar surface area (TPSA) is 57.5 Å². The summed E-state index contributed by atoms with van der Waals surface area (Å²) < 4.78 is 12.0. The van der Waals surface area contributed by atoms with Gasteiger partial charge in [-0.3, -0.25) is 9.18 Å². The zero-order valence-electron chi connectivity index (χ0n) is 6.33. The Morgan fingerprint density at radius 2 is 2.27 bits per heavy atom. The van der Waals surface area contributed by atoms with Crippen molar-refractivity contribution in [2.24, 2.45) is 11.8 Å². The normalized spacial score (nSPS) is 15.9.